The number of benzene rings is 2. The number of carbonyl (C=O) groups excluding carboxylic acids is 1. The summed E-state index contributed by atoms with van der Waals surface area (Å²) in [7, 11) is 0. The topological polar surface area (TPSA) is 68.0 Å². The van der Waals surface area contributed by atoms with Crippen molar-refractivity contribution in [1.29, 1.82) is 0 Å². The van der Waals surface area contributed by atoms with Gasteiger partial charge in [0, 0.05) is 21.3 Å². The molecule has 0 atom stereocenters. The van der Waals surface area contributed by atoms with E-state index in [1.165, 1.54) is 24.0 Å². The number of rotatable bonds is 5. The Kier molecular flexibility index (Phi) is 5.48. The minimum Gasteiger partial charge on any atom is -0.403 e. The molecule has 0 aliphatic heterocycles. The molecule has 0 fully saturated rings. The van der Waals surface area contributed by atoms with Crippen LogP contribution in [0.3, 0.4) is 0 Å². The number of carbonyl (C=O) groups is 1. The number of aromatic nitrogens is 2. The highest BCUT2D eigenvalue weighted by atomic mass is 32.2. The highest BCUT2D eigenvalue weighted by Gasteiger charge is 2.16. The van der Waals surface area contributed by atoms with Crippen molar-refractivity contribution in [2.45, 2.75) is 49.7 Å². The van der Waals surface area contributed by atoms with Crippen molar-refractivity contribution >= 4 is 23.7 Å². The molecule has 1 aromatic heterocycles. The lowest BCUT2D eigenvalue weighted by Gasteiger charge is -2.16. The van der Waals surface area contributed by atoms with E-state index in [1.807, 2.05) is 30.3 Å². The molecule has 0 radical (unpaired) electrons. The van der Waals surface area contributed by atoms with Crippen LogP contribution < -0.4 is 5.32 Å². The number of anilines is 1. The maximum absolute atomic E-state index is 12.6. The molecular formula is C22H23N3O2S. The van der Waals surface area contributed by atoms with Gasteiger partial charge in [-0.25, -0.2) is 0 Å². The third kappa shape index (κ3) is 4.28. The molecule has 28 heavy (non-hydrogen) atoms. The fraction of sp³-hybridized carbons (Fsp3) is 0.318. The van der Waals surface area contributed by atoms with E-state index in [-0.39, 0.29) is 11.9 Å². The standard InChI is InChI=1S/C22H23N3O2S/c1-14(2)28-19-9-5-8-18(13-19)21-24-25-22(27-21)23-20(26)17-11-10-15-6-3-4-7-16(15)12-17/h5,8-14H,3-4,6-7H2,1-2H3,(H,23,25,26). The molecule has 144 valence electrons. The third-order valence-electron chi connectivity index (χ3n) is 4.71. The highest BCUT2D eigenvalue weighted by Crippen LogP contribution is 2.28. The van der Waals surface area contributed by atoms with Gasteiger partial charge in [0.2, 0.25) is 5.89 Å². The van der Waals surface area contributed by atoms with E-state index < -0.39 is 0 Å². The Morgan fingerprint density at radius 3 is 2.71 bits per heavy atom. The fourth-order valence-corrected chi connectivity index (χ4v) is 4.31. The van der Waals surface area contributed by atoms with E-state index >= 15 is 0 Å². The van der Waals surface area contributed by atoms with Gasteiger partial charge in [-0.2, -0.15) is 0 Å². The van der Waals surface area contributed by atoms with Gasteiger partial charge in [0.25, 0.3) is 5.91 Å². The van der Waals surface area contributed by atoms with E-state index in [0.717, 1.165) is 23.3 Å². The monoisotopic (exact) mass is 393 g/mol. The lowest BCUT2D eigenvalue weighted by Crippen LogP contribution is -2.13. The summed E-state index contributed by atoms with van der Waals surface area (Å²) in [6.45, 7) is 4.30. The van der Waals surface area contributed by atoms with Crippen LogP contribution in [0.4, 0.5) is 6.01 Å². The minimum atomic E-state index is -0.229. The van der Waals surface area contributed by atoms with E-state index in [1.54, 1.807) is 11.8 Å². The molecule has 5 nitrogen and oxygen atoms in total. The Bertz CT molecular complexity index is 997. The Hall–Kier alpha value is -2.60. The van der Waals surface area contributed by atoms with Crippen LogP contribution in [0.15, 0.2) is 51.8 Å². The quantitative estimate of drug-likeness (QED) is 0.590. The number of nitrogens with one attached hydrogen (secondary N) is 1. The third-order valence-corrected chi connectivity index (χ3v) is 5.71. The maximum atomic E-state index is 12.6. The molecule has 0 saturated carbocycles. The van der Waals surface area contributed by atoms with Crippen molar-refractivity contribution in [3.8, 4) is 11.5 Å². The van der Waals surface area contributed by atoms with Gasteiger partial charge in [0.05, 0.1) is 0 Å². The molecule has 6 heteroatoms. The first-order valence-electron chi connectivity index (χ1n) is 9.62. The summed E-state index contributed by atoms with van der Waals surface area (Å²) < 4.78 is 5.67. The predicted molar refractivity (Wildman–Crippen MR) is 112 cm³/mol. The van der Waals surface area contributed by atoms with Crippen molar-refractivity contribution < 1.29 is 9.21 Å². The zero-order valence-corrected chi connectivity index (χ0v) is 16.9. The number of hydrogen-bond acceptors (Lipinski definition) is 5. The van der Waals surface area contributed by atoms with E-state index in [2.05, 4.69) is 41.5 Å². The number of amides is 1. The van der Waals surface area contributed by atoms with E-state index in [9.17, 15) is 4.79 Å². The predicted octanol–water partition coefficient (Wildman–Crippen LogP) is 5.37. The Labute approximate surface area is 168 Å². The molecule has 1 N–H and O–H groups in total. The second kappa shape index (κ2) is 8.19. The van der Waals surface area contributed by atoms with Gasteiger partial charge in [0.15, 0.2) is 0 Å². The Morgan fingerprint density at radius 1 is 1.07 bits per heavy atom. The first kappa shape index (κ1) is 18.7. The van der Waals surface area contributed by atoms with Gasteiger partial charge in [-0.05, 0) is 67.1 Å². The zero-order valence-electron chi connectivity index (χ0n) is 16.1. The highest BCUT2D eigenvalue weighted by molar-refractivity contribution is 7.99. The Balaban J connectivity index is 1.48. The van der Waals surface area contributed by atoms with E-state index in [4.69, 9.17) is 4.42 Å². The second-order valence-electron chi connectivity index (χ2n) is 7.25. The number of hydrogen-bond donors (Lipinski definition) is 1. The van der Waals surface area contributed by atoms with Crippen LogP contribution in [0.5, 0.6) is 0 Å². The van der Waals surface area contributed by atoms with Crippen molar-refractivity contribution in [3.05, 3.63) is 59.2 Å². The van der Waals surface area contributed by atoms with Crippen LogP contribution in [0.2, 0.25) is 0 Å². The molecule has 1 aliphatic rings. The molecule has 2 aromatic carbocycles. The Morgan fingerprint density at radius 2 is 1.89 bits per heavy atom. The zero-order chi connectivity index (χ0) is 19.5. The molecule has 1 heterocycles. The molecule has 0 unspecified atom stereocenters. The molecule has 1 amide bonds. The second-order valence-corrected chi connectivity index (χ2v) is 8.90. The van der Waals surface area contributed by atoms with Crippen molar-refractivity contribution in [2.24, 2.45) is 0 Å². The van der Waals surface area contributed by atoms with Crippen LogP contribution in [0, 0.1) is 0 Å². The lowest BCUT2D eigenvalue weighted by molar-refractivity contribution is 0.102. The molecule has 3 aromatic rings. The van der Waals surface area contributed by atoms with Crippen molar-refractivity contribution in [2.75, 3.05) is 5.32 Å². The van der Waals surface area contributed by atoms with Gasteiger partial charge in [-0.1, -0.05) is 31.1 Å². The number of aryl methyl sites for hydroxylation is 2. The summed E-state index contributed by atoms with van der Waals surface area (Å²) in [5, 5.41) is 11.3. The average Bonchev–Trinajstić information content (AvgIpc) is 3.16. The van der Waals surface area contributed by atoms with Crippen LogP contribution in [0.25, 0.3) is 11.5 Å². The minimum absolute atomic E-state index is 0.111. The van der Waals surface area contributed by atoms with Crippen molar-refractivity contribution in [3.63, 3.8) is 0 Å². The van der Waals surface area contributed by atoms with Gasteiger partial charge in [-0.15, -0.1) is 16.9 Å². The molecule has 0 spiro atoms. The smallest absolute Gasteiger partial charge is 0.322 e. The van der Waals surface area contributed by atoms with Crippen LogP contribution in [0.1, 0.15) is 48.2 Å². The number of thioether (sulfide) groups is 1. The first-order chi connectivity index (χ1) is 13.6. The average molecular weight is 394 g/mol. The summed E-state index contributed by atoms with van der Waals surface area (Å²) in [5.74, 6) is 0.166. The van der Waals surface area contributed by atoms with Crippen molar-refractivity contribution in [1.82, 2.24) is 10.2 Å². The fourth-order valence-electron chi connectivity index (χ4n) is 3.41. The summed E-state index contributed by atoms with van der Waals surface area (Å²) >= 11 is 1.77. The lowest BCUT2D eigenvalue weighted by atomic mass is 9.90. The SMILES string of the molecule is CC(C)Sc1cccc(-c2nnc(NC(=O)c3ccc4c(c3)CCCC4)o2)c1. The number of nitrogens with zero attached hydrogens (tertiary/aromatic N) is 2. The van der Waals surface area contributed by atoms with Crippen LogP contribution in [-0.2, 0) is 12.8 Å². The molecule has 1 aliphatic carbocycles. The van der Waals surface area contributed by atoms with Crippen LogP contribution >= 0.6 is 11.8 Å². The van der Waals surface area contributed by atoms with Gasteiger partial charge >= 0.3 is 6.01 Å². The molecule has 0 bridgehead atoms. The van der Waals surface area contributed by atoms with Crippen LogP contribution in [-0.4, -0.2) is 21.4 Å². The molecular weight excluding hydrogens is 370 g/mol. The largest absolute Gasteiger partial charge is 0.403 e. The van der Waals surface area contributed by atoms with Gasteiger partial charge < -0.3 is 4.42 Å². The normalized spacial score (nSPS) is 13.4. The first-order valence-corrected chi connectivity index (χ1v) is 10.5. The summed E-state index contributed by atoms with van der Waals surface area (Å²) in [4.78, 5) is 13.7. The number of fused-ring (bicyclic) bond motifs is 1. The van der Waals surface area contributed by atoms with E-state index in [0.29, 0.717) is 16.7 Å². The maximum Gasteiger partial charge on any atom is 0.322 e. The van der Waals surface area contributed by atoms with Gasteiger partial charge in [0.1, 0.15) is 0 Å². The molecule has 0 saturated heterocycles. The summed E-state index contributed by atoms with van der Waals surface area (Å²) in [6, 6.07) is 14.0. The summed E-state index contributed by atoms with van der Waals surface area (Å²) in [6.07, 6.45) is 4.53. The summed E-state index contributed by atoms with van der Waals surface area (Å²) in [5.41, 5.74) is 4.08. The van der Waals surface area contributed by atoms with Gasteiger partial charge in [-0.3, -0.25) is 10.1 Å². The molecule has 4 rings (SSSR count).